The molecule has 3 rings (SSSR count). The third-order valence-electron chi connectivity index (χ3n) is 4.57. The van der Waals surface area contributed by atoms with Gasteiger partial charge in [-0.1, -0.05) is 30.3 Å². The van der Waals surface area contributed by atoms with E-state index in [4.69, 9.17) is 0 Å². The van der Waals surface area contributed by atoms with Crippen LogP contribution in [0.4, 0.5) is 0 Å². The van der Waals surface area contributed by atoms with Crippen molar-refractivity contribution >= 4 is 0 Å². The van der Waals surface area contributed by atoms with Gasteiger partial charge in [0.15, 0.2) is 0 Å². The molecule has 0 unspecified atom stereocenters. The van der Waals surface area contributed by atoms with E-state index in [1.807, 2.05) is 35.0 Å². The summed E-state index contributed by atoms with van der Waals surface area (Å²) >= 11 is 0. The zero-order valence-corrected chi connectivity index (χ0v) is 12.9. The van der Waals surface area contributed by atoms with Crippen LogP contribution >= 0.6 is 0 Å². The topological polar surface area (TPSA) is 54.2 Å². The number of aryl methyl sites for hydroxylation is 1. The Balaban J connectivity index is 1.40. The molecule has 0 radical (unpaired) electrons. The lowest BCUT2D eigenvalue weighted by Crippen LogP contribution is -2.42. The monoisotopic (exact) mass is 300 g/mol. The van der Waals surface area contributed by atoms with E-state index in [0.29, 0.717) is 0 Å². The minimum Gasteiger partial charge on any atom is -0.385 e. The molecular formula is C17H24N4O. The van der Waals surface area contributed by atoms with Gasteiger partial charge in [-0.3, -0.25) is 4.68 Å². The highest BCUT2D eigenvalue weighted by atomic mass is 16.3. The number of likely N-dealkylation sites (tertiary alicyclic amines) is 1. The Hall–Kier alpha value is -1.72. The second-order valence-corrected chi connectivity index (χ2v) is 6.10. The number of aromatic nitrogens is 3. The molecule has 1 N–H and O–H groups in total. The maximum Gasteiger partial charge on any atom is 0.137 e. The highest BCUT2D eigenvalue weighted by Gasteiger charge is 2.33. The van der Waals surface area contributed by atoms with Gasteiger partial charge in [-0.25, -0.2) is 4.98 Å². The quantitative estimate of drug-likeness (QED) is 0.830. The van der Waals surface area contributed by atoms with Gasteiger partial charge in [-0.2, -0.15) is 5.10 Å². The third-order valence-corrected chi connectivity index (χ3v) is 4.57. The van der Waals surface area contributed by atoms with Crippen LogP contribution in [0.3, 0.4) is 0 Å². The molecule has 0 saturated carbocycles. The standard InChI is InChI=1S/C17H24N4O/c22-17(16-6-2-1-3-7-16)8-12-20(13-9-17)10-4-5-11-21-15-18-14-19-21/h1-3,6-7,14-15,22H,4-5,8-13H2. The SMILES string of the molecule is OC1(c2ccccc2)CCN(CCCCn2cncn2)CC1. The summed E-state index contributed by atoms with van der Waals surface area (Å²) in [5, 5.41) is 14.9. The summed E-state index contributed by atoms with van der Waals surface area (Å²) in [5.41, 5.74) is 0.416. The molecule has 1 aromatic heterocycles. The fourth-order valence-electron chi connectivity index (χ4n) is 3.14. The van der Waals surface area contributed by atoms with Crippen LogP contribution in [0.15, 0.2) is 43.0 Å². The van der Waals surface area contributed by atoms with Crippen LogP contribution < -0.4 is 0 Å². The molecule has 5 heteroatoms. The number of aliphatic hydroxyl groups is 1. The van der Waals surface area contributed by atoms with Crippen molar-refractivity contribution in [1.29, 1.82) is 0 Å². The Morgan fingerprint density at radius 2 is 1.77 bits per heavy atom. The van der Waals surface area contributed by atoms with Gasteiger partial charge in [0.25, 0.3) is 0 Å². The van der Waals surface area contributed by atoms with E-state index in [9.17, 15) is 5.11 Å². The second-order valence-electron chi connectivity index (χ2n) is 6.10. The smallest absolute Gasteiger partial charge is 0.137 e. The molecule has 5 nitrogen and oxygen atoms in total. The number of benzene rings is 1. The Bertz CT molecular complexity index is 547. The van der Waals surface area contributed by atoms with Crippen LogP contribution in [0.1, 0.15) is 31.2 Å². The normalized spacial score (nSPS) is 18.4. The molecular weight excluding hydrogens is 276 g/mol. The average Bonchev–Trinajstić information content (AvgIpc) is 3.08. The molecule has 1 fully saturated rings. The highest BCUT2D eigenvalue weighted by Crippen LogP contribution is 2.32. The van der Waals surface area contributed by atoms with E-state index in [0.717, 1.165) is 57.4 Å². The largest absolute Gasteiger partial charge is 0.385 e. The van der Waals surface area contributed by atoms with Gasteiger partial charge < -0.3 is 10.0 Å². The Labute approximate surface area is 131 Å². The van der Waals surface area contributed by atoms with Gasteiger partial charge >= 0.3 is 0 Å². The van der Waals surface area contributed by atoms with Gasteiger partial charge in [0.1, 0.15) is 12.7 Å². The molecule has 2 heterocycles. The van der Waals surface area contributed by atoms with Crippen molar-refractivity contribution in [2.24, 2.45) is 0 Å². The van der Waals surface area contributed by atoms with Crippen molar-refractivity contribution in [3.8, 4) is 0 Å². The number of piperidine rings is 1. The Kier molecular flexibility index (Phi) is 4.85. The molecule has 2 aromatic rings. The molecule has 1 aromatic carbocycles. The summed E-state index contributed by atoms with van der Waals surface area (Å²) in [4.78, 5) is 6.41. The fourth-order valence-corrected chi connectivity index (χ4v) is 3.14. The molecule has 0 bridgehead atoms. The number of hydrogen-bond donors (Lipinski definition) is 1. The average molecular weight is 300 g/mol. The number of hydrogen-bond acceptors (Lipinski definition) is 4. The van der Waals surface area contributed by atoms with Crippen LogP contribution in [-0.4, -0.2) is 44.4 Å². The van der Waals surface area contributed by atoms with Crippen molar-refractivity contribution in [3.63, 3.8) is 0 Å². The van der Waals surface area contributed by atoms with Gasteiger partial charge in [-0.05, 0) is 37.8 Å². The van der Waals surface area contributed by atoms with Crippen LogP contribution in [-0.2, 0) is 12.1 Å². The fraction of sp³-hybridized carbons (Fsp3) is 0.529. The van der Waals surface area contributed by atoms with Crippen molar-refractivity contribution in [2.45, 2.75) is 37.8 Å². The van der Waals surface area contributed by atoms with Gasteiger partial charge in [0.2, 0.25) is 0 Å². The van der Waals surface area contributed by atoms with E-state index < -0.39 is 5.60 Å². The first-order chi connectivity index (χ1) is 10.8. The molecule has 0 atom stereocenters. The molecule has 0 aliphatic carbocycles. The zero-order valence-electron chi connectivity index (χ0n) is 12.9. The first-order valence-corrected chi connectivity index (χ1v) is 8.09. The Morgan fingerprint density at radius 1 is 1.05 bits per heavy atom. The van der Waals surface area contributed by atoms with Gasteiger partial charge in [0, 0.05) is 19.6 Å². The van der Waals surface area contributed by atoms with Crippen LogP contribution in [0.25, 0.3) is 0 Å². The van der Waals surface area contributed by atoms with E-state index in [1.54, 1.807) is 12.7 Å². The van der Waals surface area contributed by atoms with E-state index in [1.165, 1.54) is 0 Å². The van der Waals surface area contributed by atoms with E-state index in [-0.39, 0.29) is 0 Å². The maximum absolute atomic E-state index is 10.8. The number of nitrogens with zero attached hydrogens (tertiary/aromatic N) is 4. The lowest BCUT2D eigenvalue weighted by molar-refractivity contribution is -0.0261. The maximum atomic E-state index is 10.8. The first-order valence-electron chi connectivity index (χ1n) is 8.09. The summed E-state index contributed by atoms with van der Waals surface area (Å²) in [6, 6.07) is 10.1. The van der Waals surface area contributed by atoms with Crippen LogP contribution in [0, 0.1) is 0 Å². The van der Waals surface area contributed by atoms with Gasteiger partial charge in [-0.15, -0.1) is 0 Å². The highest BCUT2D eigenvalue weighted by molar-refractivity contribution is 5.22. The first kappa shape index (κ1) is 15.2. The number of rotatable bonds is 6. The van der Waals surface area contributed by atoms with Crippen molar-refractivity contribution in [1.82, 2.24) is 19.7 Å². The van der Waals surface area contributed by atoms with Crippen LogP contribution in [0.2, 0.25) is 0 Å². The molecule has 22 heavy (non-hydrogen) atoms. The summed E-state index contributed by atoms with van der Waals surface area (Å²) in [6.07, 6.45) is 7.25. The predicted octanol–water partition coefficient (Wildman–Crippen LogP) is 2.04. The third kappa shape index (κ3) is 3.72. The number of unbranched alkanes of at least 4 members (excludes halogenated alkanes) is 1. The van der Waals surface area contributed by atoms with Crippen LogP contribution in [0.5, 0.6) is 0 Å². The van der Waals surface area contributed by atoms with Gasteiger partial charge in [0.05, 0.1) is 5.60 Å². The molecule has 1 saturated heterocycles. The summed E-state index contributed by atoms with van der Waals surface area (Å²) in [5.74, 6) is 0. The molecule has 0 amide bonds. The summed E-state index contributed by atoms with van der Waals surface area (Å²) < 4.78 is 1.88. The summed E-state index contributed by atoms with van der Waals surface area (Å²) in [6.45, 7) is 3.96. The minimum atomic E-state index is -0.640. The molecule has 0 spiro atoms. The summed E-state index contributed by atoms with van der Waals surface area (Å²) in [7, 11) is 0. The predicted molar refractivity (Wildman–Crippen MR) is 85.3 cm³/mol. The second kappa shape index (κ2) is 7.03. The van der Waals surface area contributed by atoms with E-state index in [2.05, 4.69) is 15.0 Å². The van der Waals surface area contributed by atoms with Crippen molar-refractivity contribution < 1.29 is 5.11 Å². The molecule has 1 aliphatic heterocycles. The lowest BCUT2D eigenvalue weighted by atomic mass is 9.84. The van der Waals surface area contributed by atoms with Crippen molar-refractivity contribution in [2.75, 3.05) is 19.6 Å². The van der Waals surface area contributed by atoms with E-state index >= 15 is 0 Å². The Morgan fingerprint density at radius 3 is 2.45 bits per heavy atom. The molecule has 1 aliphatic rings. The van der Waals surface area contributed by atoms with Crippen molar-refractivity contribution in [3.05, 3.63) is 48.5 Å². The molecule has 118 valence electrons. The minimum absolute atomic E-state index is 0.640. The zero-order chi connectivity index (χ0) is 15.3. The lowest BCUT2D eigenvalue weighted by Gasteiger charge is -2.38.